The summed E-state index contributed by atoms with van der Waals surface area (Å²) in [6, 6.07) is 5.09. The van der Waals surface area contributed by atoms with Gasteiger partial charge in [-0.2, -0.15) is 0 Å². The molecule has 0 spiro atoms. The van der Waals surface area contributed by atoms with E-state index in [2.05, 4.69) is 15.1 Å². The molecule has 1 amide bonds. The lowest BCUT2D eigenvalue weighted by Crippen LogP contribution is -2.49. The standard InChI is InChI=1S/C26H39N3O6/c30-24(19-3-4-22-23(15-19)35-14-13-34-22)21(17-28-8-1-2-9-28)27-25(31)20-5-10-29(16-20)18-26(32)6-11-33-12-7-26/h3-4,15,20-21,24,30,32H,1-2,5-14,16-18H2,(H,27,31). The lowest BCUT2D eigenvalue weighted by atomic mass is 9.94. The molecular weight excluding hydrogens is 450 g/mol. The molecule has 0 saturated carbocycles. The van der Waals surface area contributed by atoms with E-state index in [0.717, 1.165) is 38.9 Å². The predicted octanol–water partition coefficient (Wildman–Crippen LogP) is 0.935. The molecule has 194 valence electrons. The summed E-state index contributed by atoms with van der Waals surface area (Å²) in [5.41, 5.74) is -0.00962. The average Bonchev–Trinajstić information content (AvgIpc) is 3.55. The van der Waals surface area contributed by atoms with Crippen LogP contribution in [0.1, 0.15) is 43.8 Å². The van der Waals surface area contributed by atoms with Crippen LogP contribution in [0.25, 0.3) is 0 Å². The second-order valence-corrected chi connectivity index (χ2v) is 10.5. The maximum absolute atomic E-state index is 13.3. The van der Waals surface area contributed by atoms with E-state index in [-0.39, 0.29) is 11.8 Å². The minimum atomic E-state index is -0.851. The topological polar surface area (TPSA) is 104 Å². The Hall–Kier alpha value is -1.91. The zero-order chi connectivity index (χ0) is 24.3. The van der Waals surface area contributed by atoms with Crippen LogP contribution in [0.5, 0.6) is 11.5 Å². The number of nitrogens with one attached hydrogen (secondary N) is 1. The largest absolute Gasteiger partial charge is 0.486 e. The van der Waals surface area contributed by atoms with Gasteiger partial charge in [0, 0.05) is 45.7 Å². The van der Waals surface area contributed by atoms with Gasteiger partial charge in [-0.25, -0.2) is 0 Å². The highest BCUT2D eigenvalue weighted by atomic mass is 16.6. The summed E-state index contributed by atoms with van der Waals surface area (Å²) in [7, 11) is 0. The first-order chi connectivity index (χ1) is 17.0. The van der Waals surface area contributed by atoms with Crippen molar-refractivity contribution in [2.24, 2.45) is 5.92 Å². The van der Waals surface area contributed by atoms with Crippen LogP contribution in [0.3, 0.4) is 0 Å². The van der Waals surface area contributed by atoms with E-state index < -0.39 is 17.7 Å². The van der Waals surface area contributed by atoms with Crippen molar-refractivity contribution in [1.29, 1.82) is 0 Å². The molecule has 3 fully saturated rings. The number of carbonyl (C=O) groups is 1. The van der Waals surface area contributed by atoms with Gasteiger partial charge in [-0.15, -0.1) is 0 Å². The molecule has 0 aromatic heterocycles. The Balaban J connectivity index is 1.23. The quantitative estimate of drug-likeness (QED) is 0.496. The van der Waals surface area contributed by atoms with Crippen LogP contribution in [0.4, 0.5) is 0 Å². The first kappa shape index (κ1) is 24.8. The number of aliphatic hydroxyl groups is 2. The van der Waals surface area contributed by atoms with Crippen LogP contribution >= 0.6 is 0 Å². The Labute approximate surface area is 207 Å². The van der Waals surface area contributed by atoms with Gasteiger partial charge in [-0.3, -0.25) is 9.69 Å². The van der Waals surface area contributed by atoms with Gasteiger partial charge in [0.25, 0.3) is 0 Å². The summed E-state index contributed by atoms with van der Waals surface area (Å²) in [4.78, 5) is 17.8. The maximum Gasteiger partial charge on any atom is 0.224 e. The molecular formula is C26H39N3O6. The zero-order valence-electron chi connectivity index (χ0n) is 20.5. The molecule has 5 rings (SSSR count). The summed E-state index contributed by atoms with van der Waals surface area (Å²) < 4.78 is 16.7. The van der Waals surface area contributed by atoms with Gasteiger partial charge in [0.15, 0.2) is 11.5 Å². The molecule has 3 unspecified atom stereocenters. The van der Waals surface area contributed by atoms with Crippen molar-refractivity contribution in [3.05, 3.63) is 23.8 Å². The fraction of sp³-hybridized carbons (Fsp3) is 0.731. The highest BCUT2D eigenvalue weighted by Gasteiger charge is 2.37. The molecule has 0 aliphatic carbocycles. The Kier molecular flexibility index (Phi) is 7.79. The minimum Gasteiger partial charge on any atom is -0.486 e. The van der Waals surface area contributed by atoms with E-state index in [1.54, 1.807) is 0 Å². The summed E-state index contributed by atoms with van der Waals surface area (Å²) >= 11 is 0. The average molecular weight is 490 g/mol. The van der Waals surface area contributed by atoms with Gasteiger partial charge in [0.1, 0.15) is 19.3 Å². The van der Waals surface area contributed by atoms with Crippen molar-refractivity contribution in [2.45, 2.75) is 49.9 Å². The summed E-state index contributed by atoms with van der Waals surface area (Å²) in [6.45, 7) is 6.77. The minimum absolute atomic E-state index is 0.0211. The Morgan fingerprint density at radius 2 is 1.80 bits per heavy atom. The van der Waals surface area contributed by atoms with Gasteiger partial charge in [0.05, 0.1) is 17.6 Å². The van der Waals surface area contributed by atoms with Crippen molar-refractivity contribution >= 4 is 5.91 Å². The van der Waals surface area contributed by atoms with Crippen molar-refractivity contribution < 1.29 is 29.2 Å². The summed E-state index contributed by atoms with van der Waals surface area (Å²) in [5, 5.41) is 25.4. The number of benzene rings is 1. The Morgan fingerprint density at radius 3 is 2.57 bits per heavy atom. The molecule has 0 radical (unpaired) electrons. The summed E-state index contributed by atoms with van der Waals surface area (Å²) in [5.74, 6) is 1.15. The lowest BCUT2D eigenvalue weighted by Gasteiger charge is -2.35. The monoisotopic (exact) mass is 489 g/mol. The first-order valence-corrected chi connectivity index (χ1v) is 13.1. The van der Waals surface area contributed by atoms with Crippen LogP contribution in [0.2, 0.25) is 0 Å². The fourth-order valence-corrected chi connectivity index (χ4v) is 5.76. The molecule has 1 aromatic carbocycles. The van der Waals surface area contributed by atoms with E-state index >= 15 is 0 Å². The van der Waals surface area contributed by atoms with Crippen LogP contribution < -0.4 is 14.8 Å². The maximum atomic E-state index is 13.3. The zero-order valence-corrected chi connectivity index (χ0v) is 20.5. The van der Waals surface area contributed by atoms with Crippen LogP contribution in [0.15, 0.2) is 18.2 Å². The fourth-order valence-electron chi connectivity index (χ4n) is 5.76. The highest BCUT2D eigenvalue weighted by Crippen LogP contribution is 2.34. The third-order valence-electron chi connectivity index (χ3n) is 7.85. The number of ether oxygens (including phenoxy) is 3. The first-order valence-electron chi connectivity index (χ1n) is 13.1. The number of likely N-dealkylation sites (tertiary alicyclic amines) is 2. The van der Waals surface area contributed by atoms with E-state index in [1.165, 1.54) is 0 Å². The van der Waals surface area contributed by atoms with Gasteiger partial charge in [-0.05, 0) is 56.6 Å². The van der Waals surface area contributed by atoms with Gasteiger partial charge < -0.3 is 34.6 Å². The number of β-amino-alcohol motifs (C(OH)–C–C–N with tert-alkyl or cyclic N) is 1. The van der Waals surface area contributed by atoms with Crippen molar-refractivity contribution in [1.82, 2.24) is 15.1 Å². The van der Waals surface area contributed by atoms with Crippen molar-refractivity contribution in [3.8, 4) is 11.5 Å². The van der Waals surface area contributed by atoms with Crippen LogP contribution in [0, 0.1) is 5.92 Å². The van der Waals surface area contributed by atoms with Gasteiger partial charge >= 0.3 is 0 Å². The SMILES string of the molecule is O=C(NC(CN1CCCC1)C(O)c1ccc2c(c1)OCCO2)C1CCN(CC2(O)CCOCC2)C1. The van der Waals surface area contributed by atoms with Crippen molar-refractivity contribution in [2.75, 3.05) is 65.7 Å². The van der Waals surface area contributed by atoms with Gasteiger partial charge in [0.2, 0.25) is 5.91 Å². The molecule has 9 nitrogen and oxygen atoms in total. The number of nitrogens with zero attached hydrogens (tertiary/aromatic N) is 2. The van der Waals surface area contributed by atoms with Crippen LogP contribution in [-0.2, 0) is 9.53 Å². The Morgan fingerprint density at radius 1 is 1.06 bits per heavy atom. The molecule has 3 saturated heterocycles. The van der Waals surface area contributed by atoms with E-state index in [9.17, 15) is 15.0 Å². The molecule has 4 heterocycles. The number of carbonyl (C=O) groups excluding carboxylic acids is 1. The molecule has 3 N–H and O–H groups in total. The van der Waals surface area contributed by atoms with E-state index in [0.29, 0.717) is 76.0 Å². The van der Waals surface area contributed by atoms with Crippen LogP contribution in [-0.4, -0.2) is 103 Å². The Bertz CT molecular complexity index is 871. The number of rotatable bonds is 8. The number of hydrogen-bond acceptors (Lipinski definition) is 8. The lowest BCUT2D eigenvalue weighted by molar-refractivity contribution is -0.126. The highest BCUT2D eigenvalue weighted by molar-refractivity contribution is 5.79. The molecule has 0 bridgehead atoms. The number of fused-ring (bicyclic) bond motifs is 1. The summed E-state index contributed by atoms with van der Waals surface area (Å²) in [6.07, 6.45) is 3.48. The van der Waals surface area contributed by atoms with Crippen molar-refractivity contribution in [3.63, 3.8) is 0 Å². The third-order valence-corrected chi connectivity index (χ3v) is 7.85. The number of amides is 1. The molecule has 4 aliphatic rings. The normalized spacial score (nSPS) is 26.4. The third kappa shape index (κ3) is 6.09. The second kappa shape index (κ2) is 11.0. The molecule has 35 heavy (non-hydrogen) atoms. The van der Waals surface area contributed by atoms with E-state index in [4.69, 9.17) is 14.2 Å². The molecule has 3 atom stereocenters. The molecule has 9 heteroatoms. The van der Waals surface area contributed by atoms with Gasteiger partial charge in [-0.1, -0.05) is 6.07 Å². The predicted molar refractivity (Wildman–Crippen MR) is 130 cm³/mol. The molecule has 1 aromatic rings. The van der Waals surface area contributed by atoms with E-state index in [1.807, 2.05) is 18.2 Å². The second-order valence-electron chi connectivity index (χ2n) is 10.5. The number of aliphatic hydroxyl groups excluding tert-OH is 1. The molecule has 4 aliphatic heterocycles. The smallest absolute Gasteiger partial charge is 0.224 e. The number of hydrogen-bond donors (Lipinski definition) is 3.